The number of ether oxygens (including phenoxy) is 1. The minimum absolute atomic E-state index is 0.0291. The molecule has 3 rings (SSSR count). The summed E-state index contributed by atoms with van der Waals surface area (Å²) in [5, 5.41) is 11.8. The molecule has 2 nitrogen and oxygen atoms in total. The quantitative estimate of drug-likeness (QED) is 0.889. The van der Waals surface area contributed by atoms with Crippen LogP contribution in [0.3, 0.4) is 0 Å². The summed E-state index contributed by atoms with van der Waals surface area (Å²) in [6, 6.07) is 12.1. The smallest absolute Gasteiger partial charge is 0.125 e. The number of aliphatic hydroxyl groups excluding tert-OH is 1. The highest BCUT2D eigenvalue weighted by Crippen LogP contribution is 2.31. The van der Waals surface area contributed by atoms with Gasteiger partial charge >= 0.3 is 0 Å². The molecule has 2 aromatic rings. The Balaban J connectivity index is 1.90. The van der Waals surface area contributed by atoms with Gasteiger partial charge < -0.3 is 9.84 Å². The third kappa shape index (κ3) is 2.08. The highest BCUT2D eigenvalue weighted by atomic mass is 16.5. The summed E-state index contributed by atoms with van der Waals surface area (Å²) < 4.78 is 5.88. The summed E-state index contributed by atoms with van der Waals surface area (Å²) >= 11 is 0. The van der Waals surface area contributed by atoms with Crippen molar-refractivity contribution in [1.29, 1.82) is 0 Å². The van der Waals surface area contributed by atoms with Crippen molar-refractivity contribution >= 4 is 10.8 Å². The molecule has 0 amide bonds. The van der Waals surface area contributed by atoms with Crippen molar-refractivity contribution in [2.45, 2.75) is 25.9 Å². The first-order valence-corrected chi connectivity index (χ1v) is 6.63. The van der Waals surface area contributed by atoms with Gasteiger partial charge in [0.1, 0.15) is 5.75 Å². The lowest BCUT2D eigenvalue weighted by Gasteiger charge is -2.25. The zero-order chi connectivity index (χ0) is 12.4. The van der Waals surface area contributed by atoms with E-state index in [9.17, 15) is 5.11 Å². The second kappa shape index (κ2) is 4.99. The average molecular weight is 242 g/mol. The highest BCUT2D eigenvalue weighted by Gasteiger charge is 2.18. The number of rotatable bonds is 4. The SMILES string of the molecule is OCc1c(OCC2CCC2)ccc2ccccc12. The molecule has 0 heterocycles. The Morgan fingerprint density at radius 2 is 1.94 bits per heavy atom. The van der Waals surface area contributed by atoms with E-state index in [-0.39, 0.29) is 6.61 Å². The average Bonchev–Trinajstić information content (AvgIpc) is 2.36. The Morgan fingerprint density at radius 1 is 1.11 bits per heavy atom. The fourth-order valence-corrected chi connectivity index (χ4v) is 2.48. The van der Waals surface area contributed by atoms with Crippen LogP contribution in [0.25, 0.3) is 10.8 Å². The number of aliphatic hydroxyl groups is 1. The van der Waals surface area contributed by atoms with E-state index in [2.05, 4.69) is 12.1 Å². The van der Waals surface area contributed by atoms with Gasteiger partial charge in [-0.15, -0.1) is 0 Å². The molecule has 2 aromatic carbocycles. The molecule has 94 valence electrons. The predicted molar refractivity (Wildman–Crippen MR) is 72.7 cm³/mol. The van der Waals surface area contributed by atoms with Crippen molar-refractivity contribution in [3.63, 3.8) is 0 Å². The van der Waals surface area contributed by atoms with E-state index in [1.807, 2.05) is 24.3 Å². The third-order valence-electron chi connectivity index (χ3n) is 3.86. The first-order valence-electron chi connectivity index (χ1n) is 6.63. The molecule has 0 aromatic heterocycles. The summed E-state index contributed by atoms with van der Waals surface area (Å²) in [5.41, 5.74) is 0.910. The van der Waals surface area contributed by atoms with Crippen LogP contribution in [0.2, 0.25) is 0 Å². The Bertz CT molecular complexity index is 544. The van der Waals surface area contributed by atoms with Gasteiger partial charge in [-0.3, -0.25) is 0 Å². The first kappa shape index (κ1) is 11.5. The summed E-state index contributed by atoms with van der Waals surface area (Å²) in [5.74, 6) is 1.55. The van der Waals surface area contributed by atoms with Crippen LogP contribution in [-0.2, 0) is 6.61 Å². The van der Waals surface area contributed by atoms with Gasteiger partial charge in [-0.1, -0.05) is 36.8 Å². The maximum absolute atomic E-state index is 9.57. The number of benzene rings is 2. The lowest BCUT2D eigenvalue weighted by Crippen LogP contribution is -2.19. The van der Waals surface area contributed by atoms with Crippen LogP contribution in [-0.4, -0.2) is 11.7 Å². The molecule has 0 radical (unpaired) electrons. The standard InChI is InChI=1S/C16H18O2/c17-10-15-14-7-2-1-6-13(14)8-9-16(15)18-11-12-4-3-5-12/h1-2,6-9,12,17H,3-5,10-11H2. The van der Waals surface area contributed by atoms with Crippen LogP contribution < -0.4 is 4.74 Å². The Hall–Kier alpha value is -1.54. The molecule has 1 aliphatic rings. The second-order valence-corrected chi connectivity index (χ2v) is 5.03. The van der Waals surface area contributed by atoms with Gasteiger partial charge in [0.25, 0.3) is 0 Å². The lowest BCUT2D eigenvalue weighted by atomic mass is 9.86. The van der Waals surface area contributed by atoms with Crippen molar-refractivity contribution in [3.05, 3.63) is 42.0 Å². The largest absolute Gasteiger partial charge is 0.493 e. The van der Waals surface area contributed by atoms with E-state index in [0.717, 1.165) is 28.7 Å². The van der Waals surface area contributed by atoms with Gasteiger partial charge in [0.15, 0.2) is 0 Å². The Kier molecular flexibility index (Phi) is 3.20. The molecule has 1 N–H and O–H groups in total. The topological polar surface area (TPSA) is 29.5 Å². The van der Waals surface area contributed by atoms with Crippen molar-refractivity contribution in [2.75, 3.05) is 6.61 Å². The monoisotopic (exact) mass is 242 g/mol. The molecular formula is C16H18O2. The highest BCUT2D eigenvalue weighted by molar-refractivity contribution is 5.87. The number of fused-ring (bicyclic) bond motifs is 1. The van der Waals surface area contributed by atoms with Gasteiger partial charge in [-0.25, -0.2) is 0 Å². The van der Waals surface area contributed by atoms with Gasteiger partial charge in [0.05, 0.1) is 13.2 Å². The van der Waals surface area contributed by atoms with Gasteiger partial charge in [0, 0.05) is 5.56 Å². The Morgan fingerprint density at radius 3 is 2.67 bits per heavy atom. The molecule has 0 bridgehead atoms. The van der Waals surface area contributed by atoms with E-state index >= 15 is 0 Å². The molecule has 0 saturated heterocycles. The minimum Gasteiger partial charge on any atom is -0.493 e. The van der Waals surface area contributed by atoms with E-state index in [4.69, 9.17) is 4.74 Å². The summed E-state index contributed by atoms with van der Waals surface area (Å²) in [4.78, 5) is 0. The van der Waals surface area contributed by atoms with Crippen LogP contribution in [0.5, 0.6) is 5.75 Å². The zero-order valence-corrected chi connectivity index (χ0v) is 10.4. The maximum Gasteiger partial charge on any atom is 0.125 e. The van der Waals surface area contributed by atoms with Gasteiger partial charge in [-0.05, 0) is 35.6 Å². The molecule has 0 atom stereocenters. The van der Waals surface area contributed by atoms with Crippen molar-refractivity contribution in [1.82, 2.24) is 0 Å². The maximum atomic E-state index is 9.57. The summed E-state index contributed by atoms with van der Waals surface area (Å²) in [6.45, 7) is 0.812. The second-order valence-electron chi connectivity index (χ2n) is 5.03. The lowest BCUT2D eigenvalue weighted by molar-refractivity contribution is 0.176. The van der Waals surface area contributed by atoms with Crippen LogP contribution in [0, 0.1) is 5.92 Å². The summed E-state index contributed by atoms with van der Waals surface area (Å²) in [6.07, 6.45) is 3.89. The normalized spacial score (nSPS) is 15.6. The van der Waals surface area contributed by atoms with Crippen LogP contribution in [0.4, 0.5) is 0 Å². The molecule has 1 aliphatic carbocycles. The molecule has 18 heavy (non-hydrogen) atoms. The first-order chi connectivity index (χ1) is 8.88. The minimum atomic E-state index is 0.0291. The molecular weight excluding hydrogens is 224 g/mol. The van der Waals surface area contributed by atoms with Crippen molar-refractivity contribution < 1.29 is 9.84 Å². The molecule has 0 unspecified atom stereocenters. The van der Waals surface area contributed by atoms with Crippen LogP contribution >= 0.6 is 0 Å². The zero-order valence-electron chi connectivity index (χ0n) is 10.4. The molecule has 2 heteroatoms. The van der Waals surface area contributed by atoms with E-state index in [1.165, 1.54) is 19.3 Å². The fourth-order valence-electron chi connectivity index (χ4n) is 2.48. The predicted octanol–water partition coefficient (Wildman–Crippen LogP) is 3.51. The molecule has 1 saturated carbocycles. The van der Waals surface area contributed by atoms with Gasteiger partial charge in [0.2, 0.25) is 0 Å². The molecule has 0 aliphatic heterocycles. The molecule has 1 fully saturated rings. The summed E-state index contributed by atoms with van der Waals surface area (Å²) in [7, 11) is 0. The van der Waals surface area contributed by atoms with E-state index < -0.39 is 0 Å². The number of hydrogen-bond acceptors (Lipinski definition) is 2. The van der Waals surface area contributed by atoms with E-state index in [0.29, 0.717) is 5.92 Å². The van der Waals surface area contributed by atoms with Crippen LogP contribution in [0.15, 0.2) is 36.4 Å². The van der Waals surface area contributed by atoms with E-state index in [1.54, 1.807) is 0 Å². The number of hydrogen-bond donors (Lipinski definition) is 1. The van der Waals surface area contributed by atoms with Crippen molar-refractivity contribution in [3.8, 4) is 5.75 Å². The Labute approximate surface area is 107 Å². The van der Waals surface area contributed by atoms with Crippen LogP contribution in [0.1, 0.15) is 24.8 Å². The molecule has 0 spiro atoms. The fraction of sp³-hybridized carbons (Fsp3) is 0.375. The van der Waals surface area contributed by atoms with Gasteiger partial charge in [-0.2, -0.15) is 0 Å². The third-order valence-corrected chi connectivity index (χ3v) is 3.86. The van der Waals surface area contributed by atoms with Crippen molar-refractivity contribution in [2.24, 2.45) is 5.92 Å².